The Morgan fingerprint density at radius 1 is 1.69 bits per heavy atom. The van der Waals surface area contributed by atoms with E-state index in [1.54, 1.807) is 28.6 Å². The van der Waals surface area contributed by atoms with Gasteiger partial charge in [0.2, 0.25) is 5.91 Å². The van der Waals surface area contributed by atoms with Gasteiger partial charge < -0.3 is 10.5 Å². The quantitative estimate of drug-likeness (QED) is 0.352. The van der Waals surface area contributed by atoms with Gasteiger partial charge >= 0.3 is 0 Å². The van der Waals surface area contributed by atoms with Gasteiger partial charge in [-0.2, -0.15) is 0 Å². The van der Waals surface area contributed by atoms with Crippen LogP contribution in [0.1, 0.15) is 20.3 Å². The zero-order chi connectivity index (χ0) is 12.2. The molecule has 2 atom stereocenters. The van der Waals surface area contributed by atoms with Crippen molar-refractivity contribution in [3.05, 3.63) is 0 Å². The summed E-state index contributed by atoms with van der Waals surface area (Å²) in [6.07, 6.45) is 2.48. The number of oxime groups is 1. The van der Waals surface area contributed by atoms with E-state index in [0.29, 0.717) is 0 Å². The van der Waals surface area contributed by atoms with Crippen molar-refractivity contribution in [2.75, 3.05) is 12.8 Å². The lowest BCUT2D eigenvalue weighted by Crippen LogP contribution is -2.44. The van der Waals surface area contributed by atoms with E-state index in [2.05, 4.69) is 10.5 Å². The Bertz CT molecular complexity index is 276. The van der Waals surface area contributed by atoms with E-state index in [1.165, 1.54) is 6.21 Å². The zero-order valence-electron chi connectivity index (χ0n) is 9.77. The first-order valence-corrected chi connectivity index (χ1v) is 7.59. The minimum atomic E-state index is -0.433. The standard InChI is InChI=1S/C10H18N2O2S2/c1-10(2,6-12-14)8(9(13)11-3)7-4-5-15-16-7/h6-8,14H,4-5H2,1-3H3,(H,11,13)/b12-6-. The molecule has 0 aromatic rings. The molecule has 0 aliphatic carbocycles. The highest BCUT2D eigenvalue weighted by atomic mass is 33.1. The largest absolute Gasteiger partial charge is 0.411 e. The number of hydrogen-bond acceptors (Lipinski definition) is 5. The van der Waals surface area contributed by atoms with Crippen molar-refractivity contribution in [1.82, 2.24) is 5.32 Å². The third-order valence-corrected chi connectivity index (χ3v) is 5.71. The molecule has 92 valence electrons. The lowest BCUT2D eigenvalue weighted by Gasteiger charge is -2.32. The first-order chi connectivity index (χ1) is 7.53. The summed E-state index contributed by atoms with van der Waals surface area (Å²) in [5.74, 6) is 0.938. The van der Waals surface area contributed by atoms with Gasteiger partial charge in [-0.1, -0.05) is 35.4 Å². The molecule has 16 heavy (non-hydrogen) atoms. The third-order valence-electron chi connectivity index (χ3n) is 2.77. The van der Waals surface area contributed by atoms with Crippen LogP contribution in [0.5, 0.6) is 0 Å². The molecular weight excluding hydrogens is 244 g/mol. The third kappa shape index (κ3) is 3.07. The van der Waals surface area contributed by atoms with Crippen LogP contribution in [0, 0.1) is 11.3 Å². The Morgan fingerprint density at radius 3 is 2.81 bits per heavy atom. The molecule has 0 aromatic heterocycles. The van der Waals surface area contributed by atoms with Crippen molar-refractivity contribution in [1.29, 1.82) is 0 Å². The van der Waals surface area contributed by atoms with Gasteiger partial charge in [0.15, 0.2) is 0 Å². The highest BCUT2D eigenvalue weighted by molar-refractivity contribution is 8.77. The van der Waals surface area contributed by atoms with Crippen LogP contribution in [0.2, 0.25) is 0 Å². The molecule has 1 heterocycles. The first-order valence-electron chi connectivity index (χ1n) is 5.21. The second kappa shape index (κ2) is 5.82. The van der Waals surface area contributed by atoms with Crippen LogP contribution in [-0.4, -0.2) is 35.4 Å². The summed E-state index contributed by atoms with van der Waals surface area (Å²) in [6, 6.07) is 0. The lowest BCUT2D eigenvalue weighted by molar-refractivity contribution is -0.126. The van der Waals surface area contributed by atoms with Crippen molar-refractivity contribution in [3.63, 3.8) is 0 Å². The van der Waals surface area contributed by atoms with Crippen molar-refractivity contribution in [2.24, 2.45) is 16.5 Å². The summed E-state index contributed by atoms with van der Waals surface area (Å²) < 4.78 is 0. The SMILES string of the molecule is CNC(=O)C(C1CCSS1)C(C)(C)/C=N\O. The van der Waals surface area contributed by atoms with E-state index in [-0.39, 0.29) is 17.1 Å². The van der Waals surface area contributed by atoms with Crippen LogP contribution < -0.4 is 5.32 Å². The second-order valence-electron chi connectivity index (χ2n) is 4.40. The Balaban J connectivity index is 2.89. The maximum atomic E-state index is 11.9. The van der Waals surface area contributed by atoms with Crippen LogP contribution in [0.15, 0.2) is 5.16 Å². The molecule has 1 amide bonds. The monoisotopic (exact) mass is 262 g/mol. The van der Waals surface area contributed by atoms with E-state index >= 15 is 0 Å². The number of rotatable bonds is 4. The van der Waals surface area contributed by atoms with Crippen molar-refractivity contribution < 1.29 is 10.0 Å². The minimum absolute atomic E-state index is 0.0184. The molecular formula is C10H18N2O2S2. The molecule has 4 nitrogen and oxygen atoms in total. The predicted octanol–water partition coefficient (Wildman–Crippen LogP) is 1.99. The fourth-order valence-electron chi connectivity index (χ4n) is 1.94. The molecule has 2 N–H and O–H groups in total. The van der Waals surface area contributed by atoms with Gasteiger partial charge in [-0.15, -0.1) is 5.16 Å². The number of carbonyl (C=O) groups excluding carboxylic acids is 1. The highest BCUT2D eigenvalue weighted by Gasteiger charge is 2.41. The Kier molecular flexibility index (Phi) is 4.98. The van der Waals surface area contributed by atoms with Crippen LogP contribution >= 0.6 is 21.6 Å². The van der Waals surface area contributed by atoms with Crippen LogP contribution in [0.3, 0.4) is 0 Å². The number of amides is 1. The fraction of sp³-hybridized carbons (Fsp3) is 0.800. The molecule has 0 bridgehead atoms. The van der Waals surface area contributed by atoms with Gasteiger partial charge in [0.05, 0.1) is 12.1 Å². The van der Waals surface area contributed by atoms with E-state index in [4.69, 9.17) is 5.21 Å². The lowest BCUT2D eigenvalue weighted by atomic mass is 9.76. The molecule has 1 rings (SSSR count). The number of carbonyl (C=O) groups is 1. The van der Waals surface area contributed by atoms with Crippen molar-refractivity contribution in [3.8, 4) is 0 Å². The molecule has 6 heteroatoms. The molecule has 0 spiro atoms. The Morgan fingerprint density at radius 2 is 2.38 bits per heavy atom. The molecule has 0 saturated carbocycles. The second-order valence-corrected chi connectivity index (χ2v) is 7.13. The van der Waals surface area contributed by atoms with E-state index in [1.807, 2.05) is 13.8 Å². The van der Waals surface area contributed by atoms with E-state index in [9.17, 15) is 4.79 Å². The van der Waals surface area contributed by atoms with Gasteiger partial charge in [-0.25, -0.2) is 0 Å². The van der Waals surface area contributed by atoms with Crippen LogP contribution in [0.25, 0.3) is 0 Å². The molecule has 0 radical (unpaired) electrons. The average Bonchev–Trinajstić information content (AvgIpc) is 2.70. The summed E-state index contributed by atoms with van der Waals surface area (Å²) in [5.41, 5.74) is -0.433. The Hall–Kier alpha value is -0.360. The van der Waals surface area contributed by atoms with Crippen molar-refractivity contribution >= 4 is 33.7 Å². The van der Waals surface area contributed by atoms with Gasteiger partial charge in [0.1, 0.15) is 0 Å². The number of hydrogen-bond donors (Lipinski definition) is 2. The highest BCUT2D eigenvalue weighted by Crippen LogP contribution is 2.46. The predicted molar refractivity (Wildman–Crippen MR) is 70.1 cm³/mol. The first kappa shape index (κ1) is 13.7. The normalized spacial score (nSPS) is 23.6. The van der Waals surface area contributed by atoms with Crippen molar-refractivity contribution in [2.45, 2.75) is 25.5 Å². The molecule has 1 saturated heterocycles. The molecule has 0 aromatic carbocycles. The summed E-state index contributed by atoms with van der Waals surface area (Å²) in [6.45, 7) is 3.85. The van der Waals surface area contributed by atoms with Gasteiger partial charge in [0.25, 0.3) is 0 Å². The van der Waals surface area contributed by atoms with Gasteiger partial charge in [0, 0.05) is 23.5 Å². The summed E-state index contributed by atoms with van der Waals surface area (Å²) >= 11 is 0. The molecule has 1 fully saturated rings. The zero-order valence-corrected chi connectivity index (χ0v) is 11.4. The smallest absolute Gasteiger partial charge is 0.224 e. The van der Waals surface area contributed by atoms with Crippen LogP contribution in [-0.2, 0) is 4.79 Å². The van der Waals surface area contributed by atoms with E-state index < -0.39 is 5.41 Å². The summed E-state index contributed by atoms with van der Waals surface area (Å²) in [7, 11) is 5.21. The molecule has 1 aliphatic rings. The minimum Gasteiger partial charge on any atom is -0.411 e. The van der Waals surface area contributed by atoms with Crippen LogP contribution in [0.4, 0.5) is 0 Å². The van der Waals surface area contributed by atoms with Gasteiger partial charge in [-0.05, 0) is 6.42 Å². The maximum Gasteiger partial charge on any atom is 0.224 e. The Labute approximate surface area is 104 Å². The topological polar surface area (TPSA) is 61.7 Å². The van der Waals surface area contributed by atoms with E-state index in [0.717, 1.165) is 12.2 Å². The summed E-state index contributed by atoms with van der Waals surface area (Å²) in [4.78, 5) is 11.9. The number of nitrogens with one attached hydrogen (secondary N) is 1. The molecule has 1 aliphatic heterocycles. The van der Waals surface area contributed by atoms with Gasteiger partial charge in [-0.3, -0.25) is 4.79 Å². The molecule has 2 unspecified atom stereocenters. The summed E-state index contributed by atoms with van der Waals surface area (Å²) in [5, 5.41) is 14.8. The maximum absolute atomic E-state index is 11.9. The number of nitrogens with zero attached hydrogens (tertiary/aromatic N) is 1. The average molecular weight is 262 g/mol. The fourth-order valence-corrected chi connectivity index (χ4v) is 5.23.